The first-order valence-corrected chi connectivity index (χ1v) is 4.90. The summed E-state index contributed by atoms with van der Waals surface area (Å²) in [5.74, 6) is -1.65. The normalized spacial score (nSPS) is 17.7. The van der Waals surface area contributed by atoms with E-state index in [0.29, 0.717) is 11.3 Å². The topological polar surface area (TPSA) is 29.3 Å². The van der Waals surface area contributed by atoms with E-state index in [-0.39, 0.29) is 0 Å². The standard InChI is InChI=1S/C11H14F2N2/c1-15(2)10-6-9(13)8(12)5-7(10)11(14)3-4-11/h5-6H,3-4,14H2,1-2H3. The first kappa shape index (κ1) is 10.4. The zero-order valence-electron chi connectivity index (χ0n) is 8.85. The molecule has 0 aliphatic heterocycles. The zero-order valence-corrected chi connectivity index (χ0v) is 8.85. The molecule has 15 heavy (non-hydrogen) atoms. The van der Waals surface area contributed by atoms with Crippen LogP contribution in [0.5, 0.6) is 0 Å². The van der Waals surface area contributed by atoms with Gasteiger partial charge in [-0.1, -0.05) is 0 Å². The molecule has 2 rings (SSSR count). The van der Waals surface area contributed by atoms with E-state index in [1.807, 2.05) is 0 Å². The van der Waals surface area contributed by atoms with Crippen LogP contribution in [0.25, 0.3) is 0 Å². The minimum Gasteiger partial charge on any atom is -0.377 e. The molecule has 1 aliphatic carbocycles. The Bertz CT molecular complexity index is 398. The van der Waals surface area contributed by atoms with E-state index in [1.54, 1.807) is 19.0 Å². The maximum absolute atomic E-state index is 13.1. The van der Waals surface area contributed by atoms with Crippen LogP contribution in [0.2, 0.25) is 0 Å². The zero-order chi connectivity index (χ0) is 11.2. The molecule has 0 spiro atoms. The Labute approximate surface area is 87.7 Å². The molecule has 1 aromatic rings. The Morgan fingerprint density at radius 3 is 2.20 bits per heavy atom. The van der Waals surface area contributed by atoms with Gasteiger partial charge in [0.25, 0.3) is 0 Å². The molecule has 1 fully saturated rings. The van der Waals surface area contributed by atoms with Crippen LogP contribution in [0, 0.1) is 11.6 Å². The van der Waals surface area contributed by atoms with Gasteiger partial charge in [0.05, 0.1) is 0 Å². The monoisotopic (exact) mass is 212 g/mol. The summed E-state index contributed by atoms with van der Waals surface area (Å²) < 4.78 is 26.2. The van der Waals surface area contributed by atoms with Crippen molar-refractivity contribution in [2.75, 3.05) is 19.0 Å². The molecule has 2 nitrogen and oxygen atoms in total. The first-order chi connectivity index (χ1) is 6.94. The number of nitrogens with zero attached hydrogens (tertiary/aromatic N) is 1. The molecule has 2 N–H and O–H groups in total. The van der Waals surface area contributed by atoms with Crippen molar-refractivity contribution < 1.29 is 8.78 Å². The maximum Gasteiger partial charge on any atom is 0.160 e. The number of nitrogens with two attached hydrogens (primary N) is 1. The third-order valence-electron chi connectivity index (χ3n) is 2.85. The Kier molecular flexibility index (Phi) is 2.19. The highest BCUT2D eigenvalue weighted by Gasteiger charge is 2.42. The highest BCUT2D eigenvalue weighted by Crippen LogP contribution is 2.46. The summed E-state index contributed by atoms with van der Waals surface area (Å²) in [6, 6.07) is 2.43. The van der Waals surface area contributed by atoms with Gasteiger partial charge in [0.15, 0.2) is 11.6 Å². The lowest BCUT2D eigenvalue weighted by Gasteiger charge is -2.21. The van der Waals surface area contributed by atoms with Crippen LogP contribution in [0.4, 0.5) is 14.5 Å². The number of halogens is 2. The number of rotatable bonds is 2. The minimum atomic E-state index is -0.827. The lowest BCUT2D eigenvalue weighted by Crippen LogP contribution is -2.24. The van der Waals surface area contributed by atoms with Crippen molar-refractivity contribution in [3.05, 3.63) is 29.3 Å². The quantitative estimate of drug-likeness (QED) is 0.812. The number of benzene rings is 1. The Balaban J connectivity index is 2.56. The van der Waals surface area contributed by atoms with E-state index >= 15 is 0 Å². The first-order valence-electron chi connectivity index (χ1n) is 4.90. The summed E-state index contributed by atoms with van der Waals surface area (Å²) in [7, 11) is 3.59. The van der Waals surface area contributed by atoms with Crippen molar-refractivity contribution in [1.29, 1.82) is 0 Å². The van der Waals surface area contributed by atoms with Gasteiger partial charge in [-0.25, -0.2) is 8.78 Å². The van der Waals surface area contributed by atoms with Crippen molar-refractivity contribution in [3.8, 4) is 0 Å². The van der Waals surface area contributed by atoms with Gasteiger partial charge in [0.1, 0.15) is 0 Å². The second kappa shape index (κ2) is 3.17. The summed E-state index contributed by atoms with van der Waals surface area (Å²) in [6.07, 6.45) is 1.66. The van der Waals surface area contributed by atoms with E-state index in [9.17, 15) is 8.78 Å². The van der Waals surface area contributed by atoms with Gasteiger partial charge in [-0.2, -0.15) is 0 Å². The molecule has 0 unspecified atom stereocenters. The van der Waals surface area contributed by atoms with Gasteiger partial charge in [-0.3, -0.25) is 0 Å². The number of anilines is 1. The molecular formula is C11H14F2N2. The third kappa shape index (κ3) is 1.69. The molecular weight excluding hydrogens is 198 g/mol. The number of hydrogen-bond acceptors (Lipinski definition) is 2. The SMILES string of the molecule is CN(C)c1cc(F)c(F)cc1C1(N)CC1. The van der Waals surface area contributed by atoms with Crippen molar-refractivity contribution in [1.82, 2.24) is 0 Å². The predicted octanol–water partition coefficient (Wildman–Crippen LogP) is 1.98. The molecule has 1 saturated carbocycles. The van der Waals surface area contributed by atoms with Crippen LogP contribution in [-0.4, -0.2) is 14.1 Å². The van der Waals surface area contributed by atoms with Crippen LogP contribution < -0.4 is 10.6 Å². The van der Waals surface area contributed by atoms with Gasteiger partial charge in [-0.05, 0) is 24.5 Å². The molecule has 0 radical (unpaired) electrons. The van der Waals surface area contributed by atoms with Crippen LogP contribution in [-0.2, 0) is 5.54 Å². The molecule has 4 heteroatoms. The Morgan fingerprint density at radius 2 is 1.73 bits per heavy atom. The van der Waals surface area contributed by atoms with Crippen molar-refractivity contribution in [3.63, 3.8) is 0 Å². The second-order valence-corrected chi connectivity index (χ2v) is 4.33. The van der Waals surface area contributed by atoms with E-state index in [1.165, 1.54) is 12.1 Å². The van der Waals surface area contributed by atoms with Crippen LogP contribution in [0.3, 0.4) is 0 Å². The summed E-state index contributed by atoms with van der Waals surface area (Å²) in [5.41, 5.74) is 6.92. The second-order valence-electron chi connectivity index (χ2n) is 4.33. The molecule has 0 saturated heterocycles. The van der Waals surface area contributed by atoms with Crippen molar-refractivity contribution >= 4 is 5.69 Å². The van der Waals surface area contributed by atoms with Gasteiger partial charge in [0.2, 0.25) is 0 Å². The smallest absolute Gasteiger partial charge is 0.160 e. The molecule has 0 bridgehead atoms. The minimum absolute atomic E-state index is 0.450. The lowest BCUT2D eigenvalue weighted by molar-refractivity contribution is 0.504. The van der Waals surface area contributed by atoms with Gasteiger partial charge in [0, 0.05) is 31.4 Å². The van der Waals surface area contributed by atoms with Crippen molar-refractivity contribution in [2.45, 2.75) is 18.4 Å². The third-order valence-corrected chi connectivity index (χ3v) is 2.85. The molecule has 0 atom stereocenters. The van der Waals surface area contributed by atoms with E-state index < -0.39 is 17.2 Å². The Hall–Kier alpha value is -1.16. The molecule has 0 aromatic heterocycles. The van der Waals surface area contributed by atoms with E-state index in [4.69, 9.17) is 5.73 Å². The number of hydrogen-bond donors (Lipinski definition) is 1. The highest BCUT2D eigenvalue weighted by atomic mass is 19.2. The summed E-state index contributed by atoms with van der Waals surface area (Å²) in [4.78, 5) is 1.75. The van der Waals surface area contributed by atoms with Crippen molar-refractivity contribution in [2.24, 2.45) is 5.73 Å². The lowest BCUT2D eigenvalue weighted by atomic mass is 10.0. The average molecular weight is 212 g/mol. The summed E-state index contributed by atoms with van der Waals surface area (Å²) in [6.45, 7) is 0. The molecule has 0 heterocycles. The maximum atomic E-state index is 13.1. The molecule has 82 valence electrons. The Morgan fingerprint density at radius 1 is 1.20 bits per heavy atom. The average Bonchev–Trinajstić information content (AvgIpc) is 2.88. The van der Waals surface area contributed by atoms with Crippen LogP contribution in [0.15, 0.2) is 12.1 Å². The molecule has 1 aliphatic rings. The van der Waals surface area contributed by atoms with Crippen LogP contribution in [0.1, 0.15) is 18.4 Å². The highest BCUT2D eigenvalue weighted by molar-refractivity contribution is 5.57. The van der Waals surface area contributed by atoms with Gasteiger partial charge in [-0.15, -0.1) is 0 Å². The van der Waals surface area contributed by atoms with E-state index in [2.05, 4.69) is 0 Å². The molecule has 0 amide bonds. The molecule has 1 aromatic carbocycles. The van der Waals surface area contributed by atoms with Gasteiger partial charge < -0.3 is 10.6 Å². The fourth-order valence-corrected chi connectivity index (χ4v) is 1.71. The van der Waals surface area contributed by atoms with E-state index in [0.717, 1.165) is 12.8 Å². The largest absolute Gasteiger partial charge is 0.377 e. The predicted molar refractivity (Wildman–Crippen MR) is 55.8 cm³/mol. The van der Waals surface area contributed by atoms with Crippen LogP contribution >= 0.6 is 0 Å². The van der Waals surface area contributed by atoms with Gasteiger partial charge >= 0.3 is 0 Å². The fourth-order valence-electron chi connectivity index (χ4n) is 1.71. The fraction of sp³-hybridized carbons (Fsp3) is 0.455. The summed E-state index contributed by atoms with van der Waals surface area (Å²) in [5, 5.41) is 0. The summed E-state index contributed by atoms with van der Waals surface area (Å²) >= 11 is 0.